The molecule has 25 heavy (non-hydrogen) atoms. The summed E-state index contributed by atoms with van der Waals surface area (Å²) >= 11 is 0. The van der Waals surface area contributed by atoms with Gasteiger partial charge in [-0.2, -0.15) is 9.49 Å². The molecule has 0 radical (unpaired) electrons. The van der Waals surface area contributed by atoms with E-state index in [1.165, 1.54) is 25.1 Å². The van der Waals surface area contributed by atoms with E-state index in [1.807, 2.05) is 30.3 Å². The third-order valence-corrected chi connectivity index (χ3v) is 4.26. The minimum Gasteiger partial charge on any atom is -0.309 e. The number of hydrogen-bond acceptors (Lipinski definition) is 3. The summed E-state index contributed by atoms with van der Waals surface area (Å²) in [6.07, 6.45) is 4.14. The molecule has 126 valence electrons. The van der Waals surface area contributed by atoms with Gasteiger partial charge in [0, 0.05) is 29.4 Å². The van der Waals surface area contributed by atoms with Crippen molar-refractivity contribution in [3.63, 3.8) is 0 Å². The van der Waals surface area contributed by atoms with E-state index in [1.54, 1.807) is 6.07 Å². The van der Waals surface area contributed by atoms with E-state index in [4.69, 9.17) is 0 Å². The van der Waals surface area contributed by atoms with E-state index >= 15 is 0 Å². The normalized spacial score (nSPS) is 13.6. The Morgan fingerprint density at radius 2 is 1.92 bits per heavy atom. The Balaban J connectivity index is 1.38. The molecule has 0 spiro atoms. The zero-order valence-corrected chi connectivity index (χ0v) is 13.5. The quantitative estimate of drug-likeness (QED) is 0.698. The molecule has 4 rings (SSSR count). The van der Waals surface area contributed by atoms with Crippen LogP contribution in [0.2, 0.25) is 0 Å². The molecule has 0 unspecified atom stereocenters. The molecular formula is C19H17FN4O. The van der Waals surface area contributed by atoms with Crippen molar-refractivity contribution in [2.24, 2.45) is 0 Å². The van der Waals surface area contributed by atoms with Gasteiger partial charge in [-0.3, -0.25) is 9.89 Å². The topological polar surface area (TPSA) is 70.7 Å². The number of aromatic nitrogens is 3. The number of hydrogen-bond donors (Lipinski definition) is 2. The van der Waals surface area contributed by atoms with Crippen molar-refractivity contribution in [1.29, 1.82) is 0 Å². The van der Waals surface area contributed by atoms with Crippen LogP contribution in [0.4, 0.5) is 10.2 Å². The molecule has 5 nitrogen and oxygen atoms in total. The van der Waals surface area contributed by atoms with Gasteiger partial charge < -0.3 is 5.32 Å². The monoisotopic (exact) mass is 336 g/mol. The molecular weight excluding hydrogens is 319 g/mol. The second-order valence-electron chi connectivity index (χ2n) is 6.27. The zero-order chi connectivity index (χ0) is 17.2. The number of pyridine rings is 1. The smallest absolute Gasteiger partial charge is 0.229 e. The van der Waals surface area contributed by atoms with Gasteiger partial charge in [0.15, 0.2) is 5.82 Å². The third kappa shape index (κ3) is 3.74. The highest BCUT2D eigenvalue weighted by Gasteiger charge is 2.25. The minimum absolute atomic E-state index is 0.106. The molecule has 6 heteroatoms. The number of H-pyrrole nitrogens is 1. The van der Waals surface area contributed by atoms with Gasteiger partial charge in [0.05, 0.1) is 6.42 Å². The fraction of sp³-hybridized carbons (Fsp3) is 0.211. The number of rotatable bonds is 5. The standard InChI is InChI=1S/C19H17FN4O/c20-17-8-7-15(11-21-17)13-3-1-12(2-4-13)9-19(25)22-18-10-16(23-24-18)14-5-6-14/h1-4,7-8,10-11,14H,5-6,9H2,(H2,22,23,24,25). The number of halogens is 1. The first-order chi connectivity index (χ1) is 12.2. The minimum atomic E-state index is -0.500. The fourth-order valence-electron chi connectivity index (χ4n) is 2.74. The Morgan fingerprint density at radius 3 is 2.60 bits per heavy atom. The van der Waals surface area contributed by atoms with Crippen molar-refractivity contribution >= 4 is 11.7 Å². The van der Waals surface area contributed by atoms with Crippen LogP contribution in [0.1, 0.15) is 30.0 Å². The maximum atomic E-state index is 12.9. The highest BCUT2D eigenvalue weighted by molar-refractivity contribution is 5.91. The van der Waals surface area contributed by atoms with Gasteiger partial charge in [0.1, 0.15) is 0 Å². The van der Waals surface area contributed by atoms with E-state index in [9.17, 15) is 9.18 Å². The summed E-state index contributed by atoms with van der Waals surface area (Å²) < 4.78 is 12.9. The Morgan fingerprint density at radius 1 is 1.16 bits per heavy atom. The van der Waals surface area contributed by atoms with Crippen LogP contribution in [0.3, 0.4) is 0 Å². The Hall–Kier alpha value is -3.02. The SMILES string of the molecule is O=C(Cc1ccc(-c2ccc(F)nc2)cc1)Nc1cc(C2CC2)[nH]n1. The highest BCUT2D eigenvalue weighted by atomic mass is 19.1. The van der Waals surface area contributed by atoms with E-state index in [0.29, 0.717) is 11.7 Å². The molecule has 0 saturated heterocycles. The second-order valence-corrected chi connectivity index (χ2v) is 6.27. The molecule has 1 amide bonds. The number of amides is 1. The van der Waals surface area contributed by atoms with Crippen molar-refractivity contribution in [2.75, 3.05) is 5.32 Å². The summed E-state index contributed by atoms with van der Waals surface area (Å²) in [4.78, 5) is 15.8. The van der Waals surface area contributed by atoms with Crippen LogP contribution in [-0.4, -0.2) is 21.1 Å². The van der Waals surface area contributed by atoms with Crippen LogP contribution in [0.15, 0.2) is 48.7 Å². The number of anilines is 1. The van der Waals surface area contributed by atoms with Gasteiger partial charge in [-0.05, 0) is 36.1 Å². The van der Waals surface area contributed by atoms with Crippen LogP contribution in [0, 0.1) is 5.95 Å². The maximum absolute atomic E-state index is 12.9. The van der Waals surface area contributed by atoms with Gasteiger partial charge in [-0.25, -0.2) is 4.98 Å². The number of carbonyl (C=O) groups excluding carboxylic acids is 1. The zero-order valence-electron chi connectivity index (χ0n) is 13.5. The molecule has 2 heterocycles. The lowest BCUT2D eigenvalue weighted by Crippen LogP contribution is -2.14. The lowest BCUT2D eigenvalue weighted by Gasteiger charge is -2.05. The van der Waals surface area contributed by atoms with Gasteiger partial charge in [0.2, 0.25) is 11.9 Å². The molecule has 1 saturated carbocycles. The Labute approximate surface area is 144 Å². The molecule has 0 bridgehead atoms. The maximum Gasteiger partial charge on any atom is 0.229 e. The summed E-state index contributed by atoms with van der Waals surface area (Å²) in [6, 6.07) is 12.5. The van der Waals surface area contributed by atoms with Gasteiger partial charge >= 0.3 is 0 Å². The number of nitrogens with one attached hydrogen (secondary N) is 2. The predicted octanol–water partition coefficient (Wildman–Crippen LogP) is 3.67. The van der Waals surface area contributed by atoms with Crippen molar-refractivity contribution in [1.82, 2.24) is 15.2 Å². The number of nitrogens with zero attached hydrogens (tertiary/aromatic N) is 2. The summed E-state index contributed by atoms with van der Waals surface area (Å²) in [5, 5.41) is 9.91. The fourth-order valence-corrected chi connectivity index (χ4v) is 2.74. The summed E-state index contributed by atoms with van der Waals surface area (Å²) in [7, 11) is 0. The average molecular weight is 336 g/mol. The Bertz CT molecular complexity index is 883. The van der Waals surface area contributed by atoms with Crippen molar-refractivity contribution in [3.05, 3.63) is 65.9 Å². The largest absolute Gasteiger partial charge is 0.309 e. The number of carbonyl (C=O) groups is 1. The van der Waals surface area contributed by atoms with Crippen LogP contribution in [-0.2, 0) is 11.2 Å². The lowest BCUT2D eigenvalue weighted by atomic mass is 10.0. The summed E-state index contributed by atoms with van der Waals surface area (Å²) in [6.45, 7) is 0. The summed E-state index contributed by atoms with van der Waals surface area (Å²) in [5.41, 5.74) is 3.75. The molecule has 2 N–H and O–H groups in total. The Kier molecular flexibility index (Phi) is 4.01. The van der Waals surface area contributed by atoms with Gasteiger partial charge in [-0.1, -0.05) is 24.3 Å². The molecule has 1 aliphatic rings. The van der Waals surface area contributed by atoms with Crippen molar-refractivity contribution < 1.29 is 9.18 Å². The van der Waals surface area contributed by atoms with Crippen LogP contribution < -0.4 is 5.32 Å². The molecule has 0 atom stereocenters. The predicted molar refractivity (Wildman–Crippen MR) is 92.5 cm³/mol. The second kappa shape index (κ2) is 6.47. The number of benzene rings is 1. The molecule has 1 aromatic carbocycles. The first-order valence-electron chi connectivity index (χ1n) is 8.23. The van der Waals surface area contributed by atoms with E-state index in [0.717, 1.165) is 22.4 Å². The first-order valence-corrected chi connectivity index (χ1v) is 8.23. The molecule has 3 aromatic rings. The summed E-state index contributed by atoms with van der Waals surface area (Å²) in [5.74, 6) is 0.540. The average Bonchev–Trinajstić information content (AvgIpc) is 3.36. The lowest BCUT2D eigenvalue weighted by molar-refractivity contribution is -0.115. The van der Waals surface area contributed by atoms with E-state index < -0.39 is 5.95 Å². The van der Waals surface area contributed by atoms with Gasteiger partial charge in [-0.15, -0.1) is 0 Å². The highest BCUT2D eigenvalue weighted by Crippen LogP contribution is 2.39. The number of aromatic amines is 1. The van der Waals surface area contributed by atoms with Crippen LogP contribution >= 0.6 is 0 Å². The van der Waals surface area contributed by atoms with Crippen LogP contribution in [0.5, 0.6) is 0 Å². The van der Waals surface area contributed by atoms with Crippen LogP contribution in [0.25, 0.3) is 11.1 Å². The molecule has 1 aliphatic carbocycles. The third-order valence-electron chi connectivity index (χ3n) is 4.26. The molecule has 1 fully saturated rings. The van der Waals surface area contributed by atoms with Gasteiger partial charge in [0.25, 0.3) is 0 Å². The molecule has 0 aliphatic heterocycles. The molecule has 2 aromatic heterocycles. The first kappa shape index (κ1) is 15.5. The van der Waals surface area contributed by atoms with E-state index in [2.05, 4.69) is 20.5 Å². The van der Waals surface area contributed by atoms with Crippen molar-refractivity contribution in [2.45, 2.75) is 25.2 Å². The van der Waals surface area contributed by atoms with Crippen molar-refractivity contribution in [3.8, 4) is 11.1 Å². The van der Waals surface area contributed by atoms with E-state index in [-0.39, 0.29) is 12.3 Å².